The molecule has 128 valence electrons. The van der Waals surface area contributed by atoms with Crippen LogP contribution < -0.4 is 15.4 Å². The molecule has 2 N–H and O–H groups in total. The second-order valence-electron chi connectivity index (χ2n) is 4.81. The molecule has 1 aromatic carbocycles. The highest BCUT2D eigenvalue weighted by molar-refractivity contribution is 5.73. The van der Waals surface area contributed by atoms with E-state index < -0.39 is 17.8 Å². The molecule has 1 aromatic heterocycles. The summed E-state index contributed by atoms with van der Waals surface area (Å²) in [7, 11) is 0. The van der Waals surface area contributed by atoms with Crippen molar-refractivity contribution < 1.29 is 22.7 Å². The number of carbonyl (C=O) groups excluding carboxylic acids is 1. The zero-order valence-electron chi connectivity index (χ0n) is 12.6. The third-order valence-electron chi connectivity index (χ3n) is 3.04. The summed E-state index contributed by atoms with van der Waals surface area (Å²) in [5, 5.41) is 5.13. The molecule has 0 radical (unpaired) electrons. The van der Waals surface area contributed by atoms with Crippen LogP contribution in [0.4, 0.5) is 18.0 Å². The van der Waals surface area contributed by atoms with Crippen LogP contribution >= 0.6 is 0 Å². The maximum Gasteiger partial charge on any atom is 0.419 e. The van der Waals surface area contributed by atoms with Crippen molar-refractivity contribution in [1.82, 2.24) is 15.6 Å². The summed E-state index contributed by atoms with van der Waals surface area (Å²) in [4.78, 5) is 15.4. The molecule has 0 atom stereocenters. The molecule has 24 heavy (non-hydrogen) atoms. The topological polar surface area (TPSA) is 63.2 Å². The summed E-state index contributed by atoms with van der Waals surface area (Å²) >= 11 is 0. The molecule has 0 saturated heterocycles. The van der Waals surface area contributed by atoms with Crippen LogP contribution in [0.25, 0.3) is 0 Å². The maximum atomic E-state index is 12.8. The van der Waals surface area contributed by atoms with Gasteiger partial charge in [0.05, 0.1) is 12.1 Å². The van der Waals surface area contributed by atoms with Crippen LogP contribution in [-0.4, -0.2) is 24.2 Å². The number of rotatable bonds is 6. The minimum Gasteiger partial charge on any atom is -0.491 e. The normalized spacial score (nSPS) is 11.0. The van der Waals surface area contributed by atoms with Crippen molar-refractivity contribution in [2.45, 2.75) is 12.7 Å². The maximum absolute atomic E-state index is 12.8. The molecule has 0 fully saturated rings. The number of benzene rings is 1. The Labute approximate surface area is 136 Å². The first kappa shape index (κ1) is 17.6. The lowest BCUT2D eigenvalue weighted by Gasteiger charge is -2.14. The van der Waals surface area contributed by atoms with Crippen molar-refractivity contribution in [2.24, 2.45) is 0 Å². The van der Waals surface area contributed by atoms with Gasteiger partial charge in [-0.25, -0.2) is 4.79 Å². The molecule has 5 nitrogen and oxygen atoms in total. The van der Waals surface area contributed by atoms with Crippen molar-refractivity contribution in [3.05, 3.63) is 59.9 Å². The summed E-state index contributed by atoms with van der Waals surface area (Å²) in [5.41, 5.74) is 0.0441. The Morgan fingerprint density at radius 2 is 1.79 bits per heavy atom. The number of urea groups is 1. The summed E-state index contributed by atoms with van der Waals surface area (Å²) in [6.45, 7) is 0.330. The van der Waals surface area contributed by atoms with Crippen molar-refractivity contribution in [2.75, 3.05) is 13.2 Å². The molecule has 0 unspecified atom stereocenters. The van der Waals surface area contributed by atoms with Crippen LogP contribution in [0, 0.1) is 0 Å². The lowest BCUT2D eigenvalue weighted by atomic mass is 10.2. The van der Waals surface area contributed by atoms with E-state index in [4.69, 9.17) is 4.74 Å². The molecule has 2 amide bonds. The zero-order chi connectivity index (χ0) is 17.4. The van der Waals surface area contributed by atoms with Crippen molar-refractivity contribution >= 4 is 6.03 Å². The van der Waals surface area contributed by atoms with Gasteiger partial charge in [-0.3, -0.25) is 4.98 Å². The summed E-state index contributed by atoms with van der Waals surface area (Å²) in [5.74, 6) is -0.260. The monoisotopic (exact) mass is 339 g/mol. The molecule has 0 aliphatic carbocycles. The number of alkyl halides is 3. The number of nitrogens with zero attached hydrogens (tertiary/aromatic N) is 1. The molecule has 0 spiro atoms. The van der Waals surface area contributed by atoms with Gasteiger partial charge < -0.3 is 15.4 Å². The lowest BCUT2D eigenvalue weighted by molar-refractivity contribution is -0.138. The van der Waals surface area contributed by atoms with Gasteiger partial charge in [0.25, 0.3) is 0 Å². The van der Waals surface area contributed by atoms with Crippen LogP contribution in [0.3, 0.4) is 0 Å². The van der Waals surface area contributed by atoms with E-state index in [2.05, 4.69) is 15.6 Å². The highest BCUT2D eigenvalue weighted by Gasteiger charge is 2.33. The molecule has 0 bridgehead atoms. The van der Waals surface area contributed by atoms with Gasteiger partial charge in [-0.15, -0.1) is 0 Å². The number of nitrogens with one attached hydrogen (secondary N) is 2. The first-order chi connectivity index (χ1) is 11.5. The Kier molecular flexibility index (Phi) is 6.00. The first-order valence-electron chi connectivity index (χ1n) is 7.16. The number of halogens is 3. The minimum absolute atomic E-state index is 0.0736. The molecule has 1 heterocycles. The van der Waals surface area contributed by atoms with Gasteiger partial charge in [0.15, 0.2) is 0 Å². The first-order valence-corrected chi connectivity index (χ1v) is 7.16. The van der Waals surface area contributed by atoms with E-state index in [-0.39, 0.29) is 18.9 Å². The van der Waals surface area contributed by atoms with Crippen molar-refractivity contribution in [3.63, 3.8) is 0 Å². The van der Waals surface area contributed by atoms with Crippen molar-refractivity contribution in [3.8, 4) is 5.75 Å². The number of pyridine rings is 1. The Morgan fingerprint density at radius 1 is 1.08 bits per heavy atom. The molecule has 0 aliphatic heterocycles. The number of hydrogen-bond donors (Lipinski definition) is 2. The molecule has 8 heteroatoms. The Balaban J connectivity index is 1.72. The largest absolute Gasteiger partial charge is 0.491 e. The molecular formula is C16H16F3N3O2. The number of aromatic nitrogens is 1. The fourth-order valence-corrected chi connectivity index (χ4v) is 1.90. The highest BCUT2D eigenvalue weighted by Crippen LogP contribution is 2.35. The zero-order valence-corrected chi connectivity index (χ0v) is 12.6. The summed E-state index contributed by atoms with van der Waals surface area (Å²) in [6.07, 6.45) is -1.26. The van der Waals surface area contributed by atoms with Gasteiger partial charge in [-0.1, -0.05) is 12.1 Å². The van der Waals surface area contributed by atoms with Gasteiger partial charge in [0, 0.05) is 18.9 Å². The number of amides is 2. The van der Waals surface area contributed by atoms with Gasteiger partial charge in [-0.2, -0.15) is 13.2 Å². The third kappa shape index (κ3) is 5.45. The highest BCUT2D eigenvalue weighted by atomic mass is 19.4. The Hall–Kier alpha value is -2.77. The van der Waals surface area contributed by atoms with Crippen molar-refractivity contribution in [1.29, 1.82) is 0 Å². The quantitative estimate of drug-likeness (QED) is 0.796. The minimum atomic E-state index is -4.48. The predicted molar refractivity (Wildman–Crippen MR) is 81.4 cm³/mol. The molecule has 0 aliphatic rings. The summed E-state index contributed by atoms with van der Waals surface area (Å²) < 4.78 is 43.5. The SMILES string of the molecule is O=C(NCCOc1ccccc1C(F)(F)F)NCc1ccncc1. The lowest BCUT2D eigenvalue weighted by Crippen LogP contribution is -2.37. The fourth-order valence-electron chi connectivity index (χ4n) is 1.90. The van der Waals surface area contributed by atoms with Gasteiger partial charge in [-0.05, 0) is 29.8 Å². The van der Waals surface area contributed by atoms with Crippen LogP contribution in [0.5, 0.6) is 5.75 Å². The van der Waals surface area contributed by atoms with Gasteiger partial charge in [0.2, 0.25) is 0 Å². The molecule has 2 aromatic rings. The van der Waals surface area contributed by atoms with Gasteiger partial charge >= 0.3 is 12.2 Å². The molecule has 2 rings (SSSR count). The Bertz CT molecular complexity index is 663. The van der Waals surface area contributed by atoms with E-state index in [1.807, 2.05) is 0 Å². The van der Waals surface area contributed by atoms with Crippen LogP contribution in [-0.2, 0) is 12.7 Å². The third-order valence-corrected chi connectivity index (χ3v) is 3.04. The Morgan fingerprint density at radius 3 is 2.50 bits per heavy atom. The van der Waals surface area contributed by atoms with E-state index in [0.717, 1.165) is 11.6 Å². The predicted octanol–water partition coefficient (Wildman–Crippen LogP) is 2.98. The van der Waals surface area contributed by atoms with Gasteiger partial charge in [0.1, 0.15) is 12.4 Å². The van der Waals surface area contributed by atoms with Crippen LogP contribution in [0.15, 0.2) is 48.8 Å². The second kappa shape index (κ2) is 8.19. The molecule has 0 saturated carbocycles. The average molecular weight is 339 g/mol. The van der Waals surface area contributed by atoms with E-state index in [0.29, 0.717) is 6.54 Å². The van der Waals surface area contributed by atoms with E-state index in [1.165, 1.54) is 18.2 Å². The average Bonchev–Trinajstić information content (AvgIpc) is 2.57. The standard InChI is InChI=1S/C16H16F3N3O2/c17-16(18,19)13-3-1-2-4-14(13)24-10-9-21-15(23)22-11-12-5-7-20-8-6-12/h1-8H,9-11H2,(H2,21,22,23). The summed E-state index contributed by atoms with van der Waals surface area (Å²) in [6, 6.07) is 8.03. The van der Waals surface area contributed by atoms with E-state index >= 15 is 0 Å². The van der Waals surface area contributed by atoms with E-state index in [1.54, 1.807) is 24.5 Å². The smallest absolute Gasteiger partial charge is 0.419 e. The fraction of sp³-hybridized carbons (Fsp3) is 0.250. The van der Waals surface area contributed by atoms with Crippen LogP contribution in [0.2, 0.25) is 0 Å². The number of carbonyl (C=O) groups is 1. The number of hydrogen-bond acceptors (Lipinski definition) is 3. The number of para-hydroxylation sites is 1. The molecular weight excluding hydrogens is 323 g/mol. The van der Waals surface area contributed by atoms with E-state index in [9.17, 15) is 18.0 Å². The van der Waals surface area contributed by atoms with Crippen LogP contribution in [0.1, 0.15) is 11.1 Å². The second-order valence-corrected chi connectivity index (χ2v) is 4.81. The number of ether oxygens (including phenoxy) is 1.